The average molecular weight is 462 g/mol. The lowest BCUT2D eigenvalue weighted by atomic mass is 10.0. The summed E-state index contributed by atoms with van der Waals surface area (Å²) in [6, 6.07) is 22.9. The highest BCUT2D eigenvalue weighted by molar-refractivity contribution is 7.99. The molecule has 0 aliphatic carbocycles. The fraction of sp³-hybridized carbons (Fsp3) is 0.125. The van der Waals surface area contributed by atoms with Crippen LogP contribution in [0.3, 0.4) is 0 Å². The van der Waals surface area contributed by atoms with Gasteiger partial charge < -0.3 is 20.6 Å². The molecule has 0 fully saturated rings. The van der Waals surface area contributed by atoms with Crippen LogP contribution in [-0.4, -0.2) is 40.8 Å². The van der Waals surface area contributed by atoms with Gasteiger partial charge in [0, 0.05) is 17.3 Å². The maximum Gasteiger partial charge on any atom is 0.234 e. The number of hydrogen-bond acceptors (Lipinski definition) is 7. The van der Waals surface area contributed by atoms with Crippen molar-refractivity contribution in [2.75, 3.05) is 31.1 Å². The van der Waals surface area contributed by atoms with Crippen LogP contribution in [0.2, 0.25) is 0 Å². The molecule has 8 nitrogen and oxygen atoms in total. The number of benzene rings is 3. The molecule has 0 atom stereocenters. The van der Waals surface area contributed by atoms with Gasteiger partial charge in [-0.1, -0.05) is 60.3 Å². The van der Waals surface area contributed by atoms with Gasteiger partial charge in [0.05, 0.1) is 25.5 Å². The molecule has 0 aliphatic heterocycles. The summed E-state index contributed by atoms with van der Waals surface area (Å²) in [6.07, 6.45) is 0. The van der Waals surface area contributed by atoms with E-state index < -0.39 is 0 Å². The molecule has 168 valence electrons. The minimum atomic E-state index is -0.171. The Balaban J connectivity index is 1.46. The third-order valence-electron chi connectivity index (χ3n) is 4.93. The number of nitrogen functional groups attached to an aromatic ring is 1. The van der Waals surface area contributed by atoms with E-state index in [1.807, 2.05) is 54.6 Å². The van der Waals surface area contributed by atoms with Crippen molar-refractivity contribution >= 4 is 23.4 Å². The van der Waals surface area contributed by atoms with Gasteiger partial charge in [-0.15, -0.1) is 10.2 Å². The Morgan fingerprint density at radius 1 is 0.970 bits per heavy atom. The third kappa shape index (κ3) is 4.93. The van der Waals surface area contributed by atoms with Crippen LogP contribution in [0.15, 0.2) is 78.0 Å². The topological polar surface area (TPSA) is 104 Å². The minimum absolute atomic E-state index is 0.123. The molecule has 1 aromatic heterocycles. The molecule has 0 spiro atoms. The van der Waals surface area contributed by atoms with Gasteiger partial charge in [0.1, 0.15) is 11.5 Å². The van der Waals surface area contributed by atoms with Gasteiger partial charge in [-0.2, -0.15) is 0 Å². The van der Waals surface area contributed by atoms with E-state index >= 15 is 0 Å². The molecule has 0 aliphatic rings. The zero-order valence-electron chi connectivity index (χ0n) is 18.2. The van der Waals surface area contributed by atoms with Gasteiger partial charge in [-0.05, 0) is 23.8 Å². The van der Waals surface area contributed by atoms with E-state index in [0.29, 0.717) is 28.0 Å². The zero-order chi connectivity index (χ0) is 23.2. The van der Waals surface area contributed by atoms with Crippen molar-refractivity contribution in [2.45, 2.75) is 5.16 Å². The molecule has 33 heavy (non-hydrogen) atoms. The Kier molecular flexibility index (Phi) is 6.80. The van der Waals surface area contributed by atoms with Crippen LogP contribution < -0.4 is 20.6 Å². The normalized spacial score (nSPS) is 10.6. The summed E-state index contributed by atoms with van der Waals surface area (Å²) < 4.78 is 12.0. The fourth-order valence-corrected chi connectivity index (χ4v) is 3.98. The van der Waals surface area contributed by atoms with Crippen molar-refractivity contribution < 1.29 is 14.3 Å². The predicted molar refractivity (Wildman–Crippen MR) is 130 cm³/mol. The number of rotatable bonds is 8. The van der Waals surface area contributed by atoms with E-state index in [0.717, 1.165) is 16.8 Å². The highest BCUT2D eigenvalue weighted by atomic mass is 32.2. The molecule has 0 saturated carbocycles. The second kappa shape index (κ2) is 10.1. The summed E-state index contributed by atoms with van der Waals surface area (Å²) in [6.45, 7) is 0. The fourth-order valence-electron chi connectivity index (χ4n) is 3.32. The zero-order valence-corrected chi connectivity index (χ0v) is 19.0. The first-order chi connectivity index (χ1) is 16.1. The number of aromatic nitrogens is 3. The van der Waals surface area contributed by atoms with Gasteiger partial charge in [-0.25, -0.2) is 4.68 Å². The Labute approximate surface area is 195 Å². The minimum Gasteiger partial charge on any atom is -0.497 e. The van der Waals surface area contributed by atoms with E-state index in [1.165, 1.54) is 16.4 Å². The predicted octanol–water partition coefficient (Wildman–Crippen LogP) is 4.07. The first kappa shape index (κ1) is 22.2. The Bertz CT molecular complexity index is 1260. The van der Waals surface area contributed by atoms with Crippen LogP contribution in [0.4, 0.5) is 5.69 Å². The molecule has 0 saturated heterocycles. The van der Waals surface area contributed by atoms with E-state index in [4.69, 9.17) is 15.3 Å². The van der Waals surface area contributed by atoms with Crippen molar-refractivity contribution in [1.82, 2.24) is 14.9 Å². The van der Waals surface area contributed by atoms with Gasteiger partial charge >= 0.3 is 0 Å². The molecular weight excluding hydrogens is 438 g/mol. The number of thioether (sulfide) groups is 1. The highest BCUT2D eigenvalue weighted by Crippen LogP contribution is 2.33. The van der Waals surface area contributed by atoms with Gasteiger partial charge in [0.2, 0.25) is 11.1 Å². The second-order valence-electron chi connectivity index (χ2n) is 6.99. The molecule has 3 N–H and O–H groups in total. The summed E-state index contributed by atoms with van der Waals surface area (Å²) >= 11 is 1.20. The Hall–Kier alpha value is -3.98. The van der Waals surface area contributed by atoms with Crippen LogP contribution in [0, 0.1) is 0 Å². The number of carbonyl (C=O) groups excluding carboxylic acids is 1. The number of ether oxygens (including phenoxy) is 2. The van der Waals surface area contributed by atoms with E-state index in [1.54, 1.807) is 32.4 Å². The van der Waals surface area contributed by atoms with Crippen LogP contribution in [-0.2, 0) is 4.79 Å². The van der Waals surface area contributed by atoms with Gasteiger partial charge in [-0.3, -0.25) is 4.79 Å². The molecule has 4 aromatic rings. The van der Waals surface area contributed by atoms with Crippen molar-refractivity contribution in [3.63, 3.8) is 0 Å². The number of para-hydroxylation sites is 1. The lowest BCUT2D eigenvalue weighted by Gasteiger charge is -2.11. The number of anilines is 1. The first-order valence-electron chi connectivity index (χ1n) is 10.1. The number of nitrogens with two attached hydrogens (primary N) is 1. The maximum atomic E-state index is 12.7. The molecule has 3 aromatic carbocycles. The lowest BCUT2D eigenvalue weighted by molar-refractivity contribution is -0.113. The summed E-state index contributed by atoms with van der Waals surface area (Å²) in [4.78, 5) is 12.7. The molecule has 0 radical (unpaired) electrons. The van der Waals surface area contributed by atoms with Crippen molar-refractivity contribution in [1.29, 1.82) is 0 Å². The van der Waals surface area contributed by atoms with Crippen molar-refractivity contribution in [2.24, 2.45) is 0 Å². The third-order valence-corrected chi connectivity index (χ3v) is 5.88. The van der Waals surface area contributed by atoms with Gasteiger partial charge in [0.25, 0.3) is 0 Å². The van der Waals surface area contributed by atoms with E-state index in [2.05, 4.69) is 15.5 Å². The molecule has 1 amide bonds. The number of nitrogens with one attached hydrogen (secondary N) is 1. The molecule has 1 heterocycles. The van der Waals surface area contributed by atoms with Gasteiger partial charge in [0.15, 0.2) is 5.82 Å². The lowest BCUT2D eigenvalue weighted by Crippen LogP contribution is -2.17. The molecule has 4 rings (SSSR count). The molecule has 0 unspecified atom stereocenters. The maximum absolute atomic E-state index is 12.7. The molecular formula is C24H23N5O3S. The molecule has 9 heteroatoms. The number of carbonyl (C=O) groups is 1. The molecule has 0 bridgehead atoms. The number of methoxy groups -OCH3 is 2. The largest absolute Gasteiger partial charge is 0.497 e. The van der Waals surface area contributed by atoms with Crippen LogP contribution in [0.5, 0.6) is 11.5 Å². The summed E-state index contributed by atoms with van der Waals surface area (Å²) in [5.74, 6) is 7.80. The summed E-state index contributed by atoms with van der Waals surface area (Å²) in [5, 5.41) is 11.7. The summed E-state index contributed by atoms with van der Waals surface area (Å²) in [7, 11) is 3.14. The number of hydrogen-bond donors (Lipinski definition) is 2. The monoisotopic (exact) mass is 461 g/mol. The quantitative estimate of drug-likeness (QED) is 0.301. The standard InChI is InChI=1S/C24H23N5O3S/c1-31-17-12-13-19(21(14-17)32-2)23-27-28-24(29(23)25)33-15-22(30)26-20-11-7-6-10-18(20)16-8-4-3-5-9-16/h3-14H,15,25H2,1-2H3,(H,26,30). The van der Waals surface area contributed by atoms with Crippen LogP contribution >= 0.6 is 11.8 Å². The first-order valence-corrected chi connectivity index (χ1v) is 11.1. The SMILES string of the molecule is COc1ccc(-c2nnc(SCC(=O)Nc3ccccc3-c3ccccc3)n2N)c(OC)c1. The van der Waals surface area contributed by atoms with Crippen molar-refractivity contribution in [3.05, 3.63) is 72.8 Å². The second-order valence-corrected chi connectivity index (χ2v) is 7.93. The highest BCUT2D eigenvalue weighted by Gasteiger charge is 2.18. The van der Waals surface area contributed by atoms with Crippen LogP contribution in [0.1, 0.15) is 0 Å². The smallest absolute Gasteiger partial charge is 0.234 e. The van der Waals surface area contributed by atoms with E-state index in [9.17, 15) is 4.79 Å². The summed E-state index contributed by atoms with van der Waals surface area (Å²) in [5.41, 5.74) is 3.39. The number of nitrogens with zero attached hydrogens (tertiary/aromatic N) is 3. The van der Waals surface area contributed by atoms with Crippen LogP contribution in [0.25, 0.3) is 22.5 Å². The number of amides is 1. The Morgan fingerprint density at radius 3 is 2.48 bits per heavy atom. The van der Waals surface area contributed by atoms with E-state index in [-0.39, 0.29) is 11.7 Å². The Morgan fingerprint density at radius 2 is 1.73 bits per heavy atom. The average Bonchev–Trinajstić information content (AvgIpc) is 3.23. The van der Waals surface area contributed by atoms with Crippen molar-refractivity contribution in [3.8, 4) is 34.0 Å².